The second-order valence-electron chi connectivity index (χ2n) is 7.63. The molecule has 0 saturated heterocycles. The Morgan fingerprint density at radius 1 is 0.794 bits per heavy atom. The number of rotatable bonds is 10. The van der Waals surface area contributed by atoms with Crippen molar-refractivity contribution in [3.8, 4) is 0 Å². The number of carbonyl (C=O) groups excluding carboxylic acids is 3. The van der Waals surface area contributed by atoms with Gasteiger partial charge in [-0.3, -0.25) is 9.59 Å². The summed E-state index contributed by atoms with van der Waals surface area (Å²) in [4.78, 5) is 37.5. The average Bonchev–Trinajstić information content (AvgIpc) is 2.87. The molecule has 3 aromatic carbocycles. The number of aliphatic hydroxyl groups is 1. The summed E-state index contributed by atoms with van der Waals surface area (Å²) >= 11 is 0. The van der Waals surface area contributed by atoms with Crippen molar-refractivity contribution in [3.05, 3.63) is 108 Å². The first-order chi connectivity index (χ1) is 16.5. The monoisotopic (exact) mass is 461 g/mol. The third kappa shape index (κ3) is 6.66. The summed E-state index contributed by atoms with van der Waals surface area (Å²) in [5.74, 6) is -2.09. The van der Waals surface area contributed by atoms with Gasteiger partial charge in [-0.2, -0.15) is 0 Å². The van der Waals surface area contributed by atoms with Gasteiger partial charge < -0.3 is 26.2 Å². The molecule has 176 valence electrons. The predicted molar refractivity (Wildman–Crippen MR) is 126 cm³/mol. The third-order valence-corrected chi connectivity index (χ3v) is 5.26. The molecule has 0 spiro atoms. The number of benzene rings is 3. The number of aliphatic hydroxyl groups excluding tert-OH is 1. The highest BCUT2D eigenvalue weighted by Gasteiger charge is 2.33. The van der Waals surface area contributed by atoms with Crippen molar-refractivity contribution in [3.63, 3.8) is 0 Å². The van der Waals surface area contributed by atoms with Crippen LogP contribution >= 0.6 is 0 Å². The van der Waals surface area contributed by atoms with Gasteiger partial charge in [-0.1, -0.05) is 91.0 Å². The molecule has 0 aliphatic rings. The van der Waals surface area contributed by atoms with Crippen LogP contribution in [0, 0.1) is 0 Å². The van der Waals surface area contributed by atoms with Crippen LogP contribution < -0.4 is 16.4 Å². The molecule has 0 saturated carbocycles. The SMILES string of the molecule is NC(=O)[C@@H](NC(=O)[C@H](CO)NC(=O)OCc1ccccc1)C(c1ccccc1)c1ccccc1. The fourth-order valence-corrected chi connectivity index (χ4v) is 3.57. The lowest BCUT2D eigenvalue weighted by atomic mass is 9.84. The second kappa shape index (κ2) is 12.2. The molecule has 0 heterocycles. The van der Waals surface area contributed by atoms with E-state index in [1.165, 1.54) is 0 Å². The van der Waals surface area contributed by atoms with Gasteiger partial charge in [0.1, 0.15) is 18.7 Å². The van der Waals surface area contributed by atoms with Gasteiger partial charge in [0.05, 0.1) is 6.61 Å². The van der Waals surface area contributed by atoms with Crippen LogP contribution in [0.4, 0.5) is 4.79 Å². The number of hydrogen-bond donors (Lipinski definition) is 4. The molecule has 5 N–H and O–H groups in total. The van der Waals surface area contributed by atoms with Crippen molar-refractivity contribution in [2.24, 2.45) is 5.73 Å². The van der Waals surface area contributed by atoms with E-state index in [4.69, 9.17) is 10.5 Å². The topological polar surface area (TPSA) is 131 Å². The molecule has 0 aromatic heterocycles. The van der Waals surface area contributed by atoms with Gasteiger partial charge in [0.25, 0.3) is 0 Å². The van der Waals surface area contributed by atoms with Crippen LogP contribution in [0.1, 0.15) is 22.6 Å². The average molecular weight is 462 g/mol. The van der Waals surface area contributed by atoms with Gasteiger partial charge in [-0.05, 0) is 16.7 Å². The van der Waals surface area contributed by atoms with Crippen LogP contribution in [0.25, 0.3) is 0 Å². The molecule has 34 heavy (non-hydrogen) atoms. The zero-order valence-corrected chi connectivity index (χ0v) is 18.5. The van der Waals surface area contributed by atoms with E-state index in [-0.39, 0.29) is 6.61 Å². The molecule has 0 fully saturated rings. The lowest BCUT2D eigenvalue weighted by molar-refractivity contribution is -0.129. The largest absolute Gasteiger partial charge is 0.445 e. The van der Waals surface area contributed by atoms with E-state index < -0.39 is 42.5 Å². The first kappa shape index (κ1) is 24.5. The smallest absolute Gasteiger partial charge is 0.408 e. The van der Waals surface area contributed by atoms with Gasteiger partial charge in [0, 0.05) is 5.92 Å². The summed E-state index contributed by atoms with van der Waals surface area (Å²) in [6, 6.07) is 24.9. The minimum Gasteiger partial charge on any atom is -0.445 e. The van der Waals surface area contributed by atoms with Crippen molar-refractivity contribution >= 4 is 17.9 Å². The van der Waals surface area contributed by atoms with Gasteiger partial charge in [-0.15, -0.1) is 0 Å². The molecule has 2 atom stereocenters. The van der Waals surface area contributed by atoms with Crippen LogP contribution in [0.2, 0.25) is 0 Å². The fraction of sp³-hybridized carbons (Fsp3) is 0.192. The normalized spacial score (nSPS) is 12.4. The molecular formula is C26H27N3O5. The number of amides is 3. The highest BCUT2D eigenvalue weighted by atomic mass is 16.5. The molecule has 0 unspecified atom stereocenters. The number of nitrogens with two attached hydrogens (primary N) is 1. The summed E-state index contributed by atoms with van der Waals surface area (Å²) in [6.45, 7) is -0.695. The van der Waals surface area contributed by atoms with Gasteiger partial charge in [0.15, 0.2) is 0 Å². The first-order valence-electron chi connectivity index (χ1n) is 10.8. The van der Waals surface area contributed by atoms with Crippen molar-refractivity contribution < 1.29 is 24.2 Å². The van der Waals surface area contributed by atoms with Crippen LogP contribution in [0.5, 0.6) is 0 Å². The van der Waals surface area contributed by atoms with Crippen LogP contribution in [0.3, 0.4) is 0 Å². The van der Waals surface area contributed by atoms with Crippen molar-refractivity contribution in [1.29, 1.82) is 0 Å². The Hall–Kier alpha value is -4.17. The number of ether oxygens (including phenoxy) is 1. The predicted octanol–water partition coefficient (Wildman–Crippen LogP) is 2.08. The third-order valence-electron chi connectivity index (χ3n) is 5.26. The molecule has 3 amide bonds. The molecule has 3 aromatic rings. The summed E-state index contributed by atoms with van der Waals surface area (Å²) in [5.41, 5.74) is 8.00. The van der Waals surface area contributed by atoms with E-state index in [1.807, 2.05) is 66.7 Å². The Kier molecular flexibility index (Phi) is 8.76. The minimum absolute atomic E-state index is 0.000437. The quantitative estimate of drug-likeness (QED) is 0.367. The number of primary amides is 1. The van der Waals surface area contributed by atoms with E-state index in [0.29, 0.717) is 0 Å². The number of hydrogen-bond acceptors (Lipinski definition) is 5. The van der Waals surface area contributed by atoms with Crippen molar-refractivity contribution in [2.75, 3.05) is 6.61 Å². The van der Waals surface area contributed by atoms with Gasteiger partial charge in [-0.25, -0.2) is 4.79 Å². The van der Waals surface area contributed by atoms with Crippen LogP contribution in [0.15, 0.2) is 91.0 Å². The lowest BCUT2D eigenvalue weighted by Gasteiger charge is -2.28. The molecule has 0 aliphatic heterocycles. The second-order valence-corrected chi connectivity index (χ2v) is 7.63. The minimum atomic E-state index is -1.34. The zero-order valence-electron chi connectivity index (χ0n) is 18.5. The Bertz CT molecular complexity index is 1040. The molecule has 0 bridgehead atoms. The van der Waals surface area contributed by atoms with E-state index in [0.717, 1.165) is 16.7 Å². The lowest BCUT2D eigenvalue weighted by Crippen LogP contribution is -2.56. The van der Waals surface area contributed by atoms with Crippen LogP contribution in [-0.4, -0.2) is 41.7 Å². The maximum atomic E-state index is 12.9. The van der Waals surface area contributed by atoms with E-state index in [1.54, 1.807) is 24.3 Å². The summed E-state index contributed by atoms with van der Waals surface area (Å²) < 4.78 is 5.12. The Balaban J connectivity index is 1.73. The molecular weight excluding hydrogens is 434 g/mol. The van der Waals surface area contributed by atoms with Gasteiger partial charge >= 0.3 is 6.09 Å². The Morgan fingerprint density at radius 2 is 1.29 bits per heavy atom. The highest BCUT2D eigenvalue weighted by molar-refractivity contribution is 5.91. The molecule has 3 rings (SSSR count). The molecule has 8 heteroatoms. The van der Waals surface area contributed by atoms with Crippen molar-refractivity contribution in [2.45, 2.75) is 24.6 Å². The fourth-order valence-electron chi connectivity index (χ4n) is 3.57. The summed E-state index contributed by atoms with van der Waals surface area (Å²) in [5, 5.41) is 14.6. The molecule has 8 nitrogen and oxygen atoms in total. The summed E-state index contributed by atoms with van der Waals surface area (Å²) in [6.07, 6.45) is -0.878. The standard InChI is InChI=1S/C26H27N3O5/c27-24(31)23(22(19-12-6-2-7-13-19)20-14-8-3-9-15-20)29-25(32)21(16-30)28-26(33)34-17-18-10-4-1-5-11-18/h1-15,21-23,30H,16-17H2,(H2,27,31)(H,28,33)(H,29,32)/t21-,23-/m0/s1. The highest BCUT2D eigenvalue weighted by Crippen LogP contribution is 2.28. The zero-order chi connectivity index (χ0) is 24.3. The van der Waals surface area contributed by atoms with E-state index in [9.17, 15) is 19.5 Å². The number of carbonyl (C=O) groups is 3. The van der Waals surface area contributed by atoms with Gasteiger partial charge in [0.2, 0.25) is 11.8 Å². The van der Waals surface area contributed by atoms with Crippen molar-refractivity contribution in [1.82, 2.24) is 10.6 Å². The molecule has 0 radical (unpaired) electrons. The van der Waals surface area contributed by atoms with E-state index in [2.05, 4.69) is 10.6 Å². The maximum absolute atomic E-state index is 12.9. The first-order valence-corrected chi connectivity index (χ1v) is 10.8. The number of alkyl carbamates (subject to hydrolysis) is 1. The Labute approximate surface area is 197 Å². The van der Waals surface area contributed by atoms with E-state index >= 15 is 0 Å². The molecule has 0 aliphatic carbocycles. The Morgan fingerprint density at radius 3 is 1.76 bits per heavy atom. The number of nitrogens with one attached hydrogen (secondary N) is 2. The summed E-state index contributed by atoms with van der Waals surface area (Å²) in [7, 11) is 0. The van der Waals surface area contributed by atoms with Crippen LogP contribution in [-0.2, 0) is 20.9 Å². The maximum Gasteiger partial charge on any atom is 0.408 e.